The maximum atomic E-state index is 11.5. The van der Waals surface area contributed by atoms with E-state index in [0.717, 1.165) is 19.3 Å². The van der Waals surface area contributed by atoms with Crippen molar-refractivity contribution in [3.63, 3.8) is 0 Å². The highest BCUT2D eigenvalue weighted by Gasteiger charge is 2.12. The molecule has 0 bridgehead atoms. The Labute approximate surface area is 109 Å². The molecule has 5 nitrogen and oxygen atoms in total. The van der Waals surface area contributed by atoms with Crippen LogP contribution in [-0.2, 0) is 4.79 Å². The lowest BCUT2D eigenvalue weighted by molar-refractivity contribution is -0.138. The molecule has 0 saturated heterocycles. The number of hydrogen-bond donors (Lipinski definition) is 3. The smallest absolute Gasteiger partial charge is 0.314 e. The molecule has 0 aromatic heterocycles. The maximum absolute atomic E-state index is 11.5. The summed E-state index contributed by atoms with van der Waals surface area (Å²) in [4.78, 5) is 22.1. The predicted molar refractivity (Wildman–Crippen MR) is 71.5 cm³/mol. The lowest BCUT2D eigenvalue weighted by Gasteiger charge is -2.16. The molecule has 0 rings (SSSR count). The Morgan fingerprint density at radius 3 is 1.78 bits per heavy atom. The number of carbonyl (C=O) groups excluding carboxylic acids is 1. The van der Waals surface area contributed by atoms with Crippen molar-refractivity contribution in [3.05, 3.63) is 0 Å². The fourth-order valence-electron chi connectivity index (χ4n) is 1.72. The quantitative estimate of drug-likeness (QED) is 0.593. The zero-order valence-electron chi connectivity index (χ0n) is 11.7. The van der Waals surface area contributed by atoms with Crippen molar-refractivity contribution in [2.75, 3.05) is 13.1 Å². The summed E-state index contributed by atoms with van der Waals surface area (Å²) in [6.07, 6.45) is 2.95. The van der Waals surface area contributed by atoms with Crippen molar-refractivity contribution < 1.29 is 14.7 Å². The van der Waals surface area contributed by atoms with Gasteiger partial charge in [-0.3, -0.25) is 4.79 Å². The second-order valence-electron chi connectivity index (χ2n) is 4.65. The van der Waals surface area contributed by atoms with Crippen LogP contribution in [0.5, 0.6) is 0 Å². The third-order valence-corrected chi connectivity index (χ3v) is 3.30. The minimum Gasteiger partial charge on any atom is -0.481 e. The molecule has 1 unspecified atom stereocenters. The van der Waals surface area contributed by atoms with Gasteiger partial charge < -0.3 is 15.7 Å². The standard InChI is InChI=1S/C13H26N2O3/c1-4-10(5-2)8-14-13(18)15-9-11(6-3)7-12(16)17/h10-11H,4-9H2,1-3H3,(H,16,17)(H2,14,15,18). The summed E-state index contributed by atoms with van der Waals surface area (Å²) in [5.41, 5.74) is 0. The topological polar surface area (TPSA) is 78.4 Å². The van der Waals surface area contributed by atoms with Gasteiger partial charge in [-0.1, -0.05) is 40.0 Å². The second kappa shape index (κ2) is 9.74. The SMILES string of the molecule is CCC(CC)CNC(=O)NCC(CC)CC(=O)O. The van der Waals surface area contributed by atoms with E-state index in [4.69, 9.17) is 5.11 Å². The van der Waals surface area contributed by atoms with Gasteiger partial charge in [0.25, 0.3) is 0 Å². The van der Waals surface area contributed by atoms with Gasteiger partial charge in [0, 0.05) is 19.5 Å². The van der Waals surface area contributed by atoms with Crippen LogP contribution < -0.4 is 10.6 Å². The molecule has 0 saturated carbocycles. The Morgan fingerprint density at radius 1 is 0.944 bits per heavy atom. The summed E-state index contributed by atoms with van der Waals surface area (Å²) in [6, 6.07) is -0.203. The van der Waals surface area contributed by atoms with Gasteiger partial charge in [-0.2, -0.15) is 0 Å². The first kappa shape index (κ1) is 16.7. The summed E-state index contributed by atoms with van der Waals surface area (Å²) in [7, 11) is 0. The van der Waals surface area contributed by atoms with E-state index in [9.17, 15) is 9.59 Å². The Hall–Kier alpha value is -1.26. The molecule has 0 fully saturated rings. The number of aliphatic carboxylic acids is 1. The molecular formula is C13H26N2O3. The Bertz CT molecular complexity index is 253. The van der Waals surface area contributed by atoms with Gasteiger partial charge >= 0.3 is 12.0 Å². The van der Waals surface area contributed by atoms with Gasteiger partial charge in [0.1, 0.15) is 0 Å². The Morgan fingerprint density at radius 2 is 1.39 bits per heavy atom. The van der Waals surface area contributed by atoms with Crippen LogP contribution in [0.3, 0.4) is 0 Å². The Kier molecular flexibility index (Phi) is 9.06. The van der Waals surface area contributed by atoms with Gasteiger partial charge in [-0.25, -0.2) is 4.79 Å². The molecule has 2 amide bonds. The molecule has 0 spiro atoms. The zero-order chi connectivity index (χ0) is 14.0. The molecule has 106 valence electrons. The van der Waals surface area contributed by atoms with Crippen LogP contribution in [-0.4, -0.2) is 30.2 Å². The predicted octanol–water partition coefficient (Wildman–Crippen LogP) is 2.22. The number of hydrogen-bond acceptors (Lipinski definition) is 2. The van der Waals surface area contributed by atoms with E-state index < -0.39 is 5.97 Å². The number of rotatable bonds is 9. The number of carboxylic acids is 1. The number of carbonyl (C=O) groups is 2. The van der Waals surface area contributed by atoms with Crippen molar-refractivity contribution in [1.29, 1.82) is 0 Å². The molecule has 18 heavy (non-hydrogen) atoms. The van der Waals surface area contributed by atoms with Crippen LogP contribution in [0.15, 0.2) is 0 Å². The lowest BCUT2D eigenvalue weighted by atomic mass is 10.0. The fraction of sp³-hybridized carbons (Fsp3) is 0.846. The number of carboxylic acid groups (broad SMARTS) is 1. The number of urea groups is 1. The second-order valence-corrected chi connectivity index (χ2v) is 4.65. The molecule has 0 aliphatic heterocycles. The number of amides is 2. The molecule has 0 aliphatic carbocycles. The molecular weight excluding hydrogens is 232 g/mol. The number of nitrogens with one attached hydrogen (secondary N) is 2. The summed E-state index contributed by atoms with van der Waals surface area (Å²) in [5, 5.41) is 14.2. The minimum absolute atomic E-state index is 0.00129. The first-order valence-corrected chi connectivity index (χ1v) is 6.76. The third kappa shape index (κ3) is 7.92. The highest BCUT2D eigenvalue weighted by Crippen LogP contribution is 2.07. The van der Waals surface area contributed by atoms with Crippen LogP contribution in [0, 0.1) is 11.8 Å². The normalized spacial score (nSPS) is 12.2. The van der Waals surface area contributed by atoms with E-state index in [1.54, 1.807) is 0 Å². The maximum Gasteiger partial charge on any atom is 0.314 e. The van der Waals surface area contributed by atoms with Crippen molar-refractivity contribution in [2.24, 2.45) is 11.8 Å². The first-order valence-electron chi connectivity index (χ1n) is 6.76. The average molecular weight is 258 g/mol. The highest BCUT2D eigenvalue weighted by atomic mass is 16.4. The van der Waals surface area contributed by atoms with E-state index in [-0.39, 0.29) is 18.4 Å². The van der Waals surface area contributed by atoms with Gasteiger partial charge in [0.2, 0.25) is 0 Å². The molecule has 0 radical (unpaired) electrons. The van der Waals surface area contributed by atoms with Crippen molar-refractivity contribution in [3.8, 4) is 0 Å². The summed E-state index contributed by atoms with van der Waals surface area (Å²) in [6.45, 7) is 7.23. The third-order valence-electron chi connectivity index (χ3n) is 3.30. The minimum atomic E-state index is -0.818. The molecule has 5 heteroatoms. The molecule has 3 N–H and O–H groups in total. The largest absolute Gasteiger partial charge is 0.481 e. The van der Waals surface area contributed by atoms with E-state index in [2.05, 4.69) is 24.5 Å². The van der Waals surface area contributed by atoms with Gasteiger partial charge in [0.05, 0.1) is 0 Å². The zero-order valence-corrected chi connectivity index (χ0v) is 11.7. The van der Waals surface area contributed by atoms with Gasteiger partial charge in [0.15, 0.2) is 0 Å². The molecule has 0 aliphatic rings. The lowest BCUT2D eigenvalue weighted by Crippen LogP contribution is -2.40. The van der Waals surface area contributed by atoms with Crippen molar-refractivity contribution in [1.82, 2.24) is 10.6 Å². The average Bonchev–Trinajstić information content (AvgIpc) is 2.35. The molecule has 1 atom stereocenters. The van der Waals surface area contributed by atoms with E-state index in [1.807, 2.05) is 6.92 Å². The summed E-state index contributed by atoms with van der Waals surface area (Å²) in [5.74, 6) is -0.306. The van der Waals surface area contributed by atoms with Crippen molar-refractivity contribution in [2.45, 2.75) is 46.5 Å². The summed E-state index contributed by atoms with van der Waals surface area (Å²) >= 11 is 0. The van der Waals surface area contributed by atoms with Crippen LogP contribution >= 0.6 is 0 Å². The van der Waals surface area contributed by atoms with Crippen LogP contribution in [0.2, 0.25) is 0 Å². The Balaban J connectivity index is 3.83. The highest BCUT2D eigenvalue weighted by molar-refractivity contribution is 5.74. The fourth-order valence-corrected chi connectivity index (χ4v) is 1.72. The van der Waals surface area contributed by atoms with E-state index in [0.29, 0.717) is 19.0 Å². The van der Waals surface area contributed by atoms with E-state index >= 15 is 0 Å². The first-order chi connectivity index (χ1) is 8.53. The van der Waals surface area contributed by atoms with Gasteiger partial charge in [-0.05, 0) is 11.8 Å². The van der Waals surface area contributed by atoms with Crippen LogP contribution in [0.1, 0.15) is 46.5 Å². The van der Waals surface area contributed by atoms with Crippen molar-refractivity contribution >= 4 is 12.0 Å². The van der Waals surface area contributed by atoms with Crippen LogP contribution in [0.25, 0.3) is 0 Å². The summed E-state index contributed by atoms with van der Waals surface area (Å²) < 4.78 is 0. The van der Waals surface area contributed by atoms with Gasteiger partial charge in [-0.15, -0.1) is 0 Å². The molecule has 0 aromatic rings. The van der Waals surface area contributed by atoms with E-state index in [1.165, 1.54) is 0 Å². The molecule has 0 aromatic carbocycles. The van der Waals surface area contributed by atoms with Crippen LogP contribution in [0.4, 0.5) is 4.79 Å². The molecule has 0 heterocycles. The monoisotopic (exact) mass is 258 g/mol.